The van der Waals surface area contributed by atoms with Gasteiger partial charge in [0.05, 0.1) is 5.75 Å². The summed E-state index contributed by atoms with van der Waals surface area (Å²) in [6, 6.07) is 5.21. The van der Waals surface area contributed by atoms with E-state index < -0.39 is 15.9 Å². The standard InChI is InChI=1S/C12H15BrN2O3S/c1-19(17,18)6-2-5-14-11-9-4-3-8(13)7-10(9)15-12(11)16/h3-4,7,11,14H,2,5-6H2,1H3,(H,15,16). The van der Waals surface area contributed by atoms with Crippen molar-refractivity contribution in [3.8, 4) is 0 Å². The van der Waals surface area contributed by atoms with Gasteiger partial charge in [0.1, 0.15) is 15.9 Å². The molecular weight excluding hydrogens is 332 g/mol. The van der Waals surface area contributed by atoms with E-state index >= 15 is 0 Å². The minimum absolute atomic E-state index is 0.104. The Morgan fingerprint density at radius 2 is 2.16 bits per heavy atom. The number of rotatable bonds is 5. The number of amides is 1. The molecule has 1 aromatic rings. The molecule has 0 saturated carbocycles. The van der Waals surface area contributed by atoms with Gasteiger partial charge in [-0.1, -0.05) is 22.0 Å². The van der Waals surface area contributed by atoms with Crippen molar-refractivity contribution >= 4 is 37.4 Å². The second-order valence-corrected chi connectivity index (χ2v) is 7.77. The molecule has 0 bridgehead atoms. The number of anilines is 1. The molecule has 1 aromatic carbocycles. The SMILES string of the molecule is CS(=O)(=O)CCCNC1C(=O)Nc2cc(Br)ccc21. The Bertz CT molecular complexity index is 601. The van der Waals surface area contributed by atoms with Crippen LogP contribution in [0.5, 0.6) is 0 Å². The Balaban J connectivity index is 1.97. The third-order valence-electron chi connectivity index (χ3n) is 2.89. The smallest absolute Gasteiger partial charge is 0.246 e. The molecule has 0 aliphatic carbocycles. The number of sulfone groups is 1. The van der Waals surface area contributed by atoms with Crippen LogP contribution in [0.15, 0.2) is 22.7 Å². The predicted molar refractivity (Wildman–Crippen MR) is 77.8 cm³/mol. The molecule has 0 radical (unpaired) electrons. The van der Waals surface area contributed by atoms with Crippen LogP contribution in [-0.2, 0) is 14.6 Å². The summed E-state index contributed by atoms with van der Waals surface area (Å²) in [5.74, 6) is 0.0223. The highest BCUT2D eigenvalue weighted by Gasteiger charge is 2.29. The van der Waals surface area contributed by atoms with Gasteiger partial charge in [0.25, 0.3) is 0 Å². The van der Waals surface area contributed by atoms with Gasteiger partial charge in [0.15, 0.2) is 0 Å². The summed E-state index contributed by atoms with van der Waals surface area (Å²) in [5.41, 5.74) is 1.69. The Kier molecular flexibility index (Phi) is 4.27. The third-order valence-corrected chi connectivity index (χ3v) is 4.41. The average Bonchev–Trinajstić information content (AvgIpc) is 2.58. The van der Waals surface area contributed by atoms with E-state index in [4.69, 9.17) is 0 Å². The van der Waals surface area contributed by atoms with Crippen LogP contribution < -0.4 is 10.6 Å². The fourth-order valence-corrected chi connectivity index (χ4v) is 3.05. The van der Waals surface area contributed by atoms with E-state index in [1.54, 1.807) is 0 Å². The molecule has 0 aromatic heterocycles. The monoisotopic (exact) mass is 346 g/mol. The number of hydrogen-bond donors (Lipinski definition) is 2. The van der Waals surface area contributed by atoms with Gasteiger partial charge in [0.2, 0.25) is 5.91 Å². The van der Waals surface area contributed by atoms with Crippen LogP contribution in [0.1, 0.15) is 18.0 Å². The first-order chi connectivity index (χ1) is 8.87. The van der Waals surface area contributed by atoms with Gasteiger partial charge in [0, 0.05) is 22.0 Å². The molecule has 1 atom stereocenters. The minimum atomic E-state index is -2.95. The Labute approximate surface area is 120 Å². The maximum atomic E-state index is 11.8. The van der Waals surface area contributed by atoms with Crippen molar-refractivity contribution in [2.24, 2.45) is 0 Å². The first kappa shape index (κ1) is 14.5. The van der Waals surface area contributed by atoms with E-state index in [1.165, 1.54) is 6.26 Å². The highest BCUT2D eigenvalue weighted by molar-refractivity contribution is 9.10. The third kappa shape index (κ3) is 3.77. The van der Waals surface area contributed by atoms with Crippen LogP contribution in [0.4, 0.5) is 5.69 Å². The van der Waals surface area contributed by atoms with Gasteiger partial charge < -0.3 is 10.6 Å². The summed E-state index contributed by atoms with van der Waals surface area (Å²) < 4.78 is 22.9. The Hall–Kier alpha value is -0.920. The number of benzene rings is 1. The topological polar surface area (TPSA) is 75.3 Å². The summed E-state index contributed by atoms with van der Waals surface area (Å²) in [4.78, 5) is 11.8. The fraction of sp³-hybridized carbons (Fsp3) is 0.417. The van der Waals surface area contributed by atoms with Crippen molar-refractivity contribution in [3.63, 3.8) is 0 Å². The van der Waals surface area contributed by atoms with Crippen molar-refractivity contribution in [2.45, 2.75) is 12.5 Å². The largest absolute Gasteiger partial charge is 0.324 e. The summed E-state index contributed by atoms with van der Waals surface area (Å²) in [5, 5.41) is 5.88. The number of carbonyl (C=O) groups is 1. The highest BCUT2D eigenvalue weighted by Crippen LogP contribution is 2.32. The van der Waals surface area contributed by atoms with Crippen molar-refractivity contribution in [3.05, 3.63) is 28.2 Å². The maximum Gasteiger partial charge on any atom is 0.246 e. The molecule has 1 aliphatic heterocycles. The fourth-order valence-electron chi connectivity index (χ4n) is 2.02. The van der Waals surface area contributed by atoms with Crippen LogP contribution in [-0.4, -0.2) is 32.9 Å². The zero-order chi connectivity index (χ0) is 14.0. The van der Waals surface area contributed by atoms with E-state index in [1.807, 2.05) is 18.2 Å². The lowest BCUT2D eigenvalue weighted by atomic mass is 10.1. The number of hydrogen-bond acceptors (Lipinski definition) is 4. The molecule has 104 valence electrons. The number of fused-ring (bicyclic) bond motifs is 1. The Morgan fingerprint density at radius 1 is 1.42 bits per heavy atom. The number of halogens is 1. The molecule has 1 amide bonds. The van der Waals surface area contributed by atoms with Crippen molar-refractivity contribution < 1.29 is 13.2 Å². The summed E-state index contributed by atoms with van der Waals surface area (Å²) in [7, 11) is -2.95. The second-order valence-electron chi connectivity index (χ2n) is 4.59. The van der Waals surface area contributed by atoms with Gasteiger partial charge in [-0.2, -0.15) is 0 Å². The molecule has 19 heavy (non-hydrogen) atoms. The van der Waals surface area contributed by atoms with Crippen molar-refractivity contribution in [1.29, 1.82) is 0 Å². The molecule has 2 rings (SSSR count). The summed E-state index contributed by atoms with van der Waals surface area (Å²) >= 11 is 3.35. The molecule has 1 heterocycles. The summed E-state index contributed by atoms with van der Waals surface area (Å²) in [6.07, 6.45) is 1.70. The lowest BCUT2D eigenvalue weighted by Gasteiger charge is -2.11. The molecule has 0 fully saturated rings. The van der Waals surface area contributed by atoms with Crippen molar-refractivity contribution in [1.82, 2.24) is 5.32 Å². The molecule has 1 aliphatic rings. The zero-order valence-electron chi connectivity index (χ0n) is 10.4. The van der Waals surface area contributed by atoms with E-state index in [2.05, 4.69) is 26.6 Å². The summed E-state index contributed by atoms with van der Waals surface area (Å²) in [6.45, 7) is 0.487. The molecule has 7 heteroatoms. The maximum absolute atomic E-state index is 11.8. The van der Waals surface area contributed by atoms with Gasteiger partial charge in [-0.25, -0.2) is 8.42 Å². The van der Waals surface area contributed by atoms with Gasteiger partial charge in [-0.3, -0.25) is 4.79 Å². The average molecular weight is 347 g/mol. The number of nitrogens with one attached hydrogen (secondary N) is 2. The van der Waals surface area contributed by atoms with Crippen LogP contribution in [0.3, 0.4) is 0 Å². The lowest BCUT2D eigenvalue weighted by molar-refractivity contribution is -0.117. The van der Waals surface area contributed by atoms with Crippen LogP contribution in [0, 0.1) is 0 Å². The van der Waals surface area contributed by atoms with E-state index in [9.17, 15) is 13.2 Å². The molecular formula is C12H15BrN2O3S. The zero-order valence-corrected chi connectivity index (χ0v) is 12.8. The van der Waals surface area contributed by atoms with Gasteiger partial charge in [-0.05, 0) is 25.1 Å². The van der Waals surface area contributed by atoms with Gasteiger partial charge in [-0.15, -0.1) is 0 Å². The quantitative estimate of drug-likeness (QED) is 0.791. The van der Waals surface area contributed by atoms with Gasteiger partial charge >= 0.3 is 0 Å². The lowest BCUT2D eigenvalue weighted by Crippen LogP contribution is -2.29. The van der Waals surface area contributed by atoms with Crippen LogP contribution in [0.2, 0.25) is 0 Å². The first-order valence-corrected chi connectivity index (χ1v) is 8.73. The molecule has 1 unspecified atom stereocenters. The molecule has 0 saturated heterocycles. The normalized spacial score (nSPS) is 18.2. The van der Waals surface area contributed by atoms with E-state index in [0.717, 1.165) is 15.7 Å². The minimum Gasteiger partial charge on any atom is -0.324 e. The molecule has 2 N–H and O–H groups in total. The predicted octanol–water partition coefficient (Wildman–Crippen LogP) is 1.47. The van der Waals surface area contributed by atoms with Crippen LogP contribution >= 0.6 is 15.9 Å². The first-order valence-electron chi connectivity index (χ1n) is 5.88. The second kappa shape index (κ2) is 5.60. The Morgan fingerprint density at radius 3 is 2.84 bits per heavy atom. The van der Waals surface area contributed by atoms with E-state index in [-0.39, 0.29) is 11.7 Å². The van der Waals surface area contributed by atoms with E-state index in [0.29, 0.717) is 13.0 Å². The number of carbonyl (C=O) groups excluding carboxylic acids is 1. The molecule has 5 nitrogen and oxygen atoms in total. The highest BCUT2D eigenvalue weighted by atomic mass is 79.9. The molecule has 0 spiro atoms. The van der Waals surface area contributed by atoms with Crippen molar-refractivity contribution in [2.75, 3.05) is 23.9 Å². The van der Waals surface area contributed by atoms with Crippen LogP contribution in [0.25, 0.3) is 0 Å².